The minimum Gasteiger partial charge on any atom is -0.387 e. The topological polar surface area (TPSA) is 395 Å². The molecule has 276 valence electrons. The normalized spacial score (nSPS) is 32.2. The fourth-order valence-electron chi connectivity index (χ4n) is 4.43. The first-order valence-electron chi connectivity index (χ1n) is 13.2. The summed E-state index contributed by atoms with van der Waals surface area (Å²) in [6, 6.07) is 1.76. The number of aromatic amines is 2. The van der Waals surface area contributed by atoms with E-state index in [1.165, 1.54) is 0 Å². The smallest absolute Gasteiger partial charge is 0.387 e. The average molecular weight is 788 g/mol. The van der Waals surface area contributed by atoms with Gasteiger partial charge in [-0.2, -0.15) is 0 Å². The zero-order chi connectivity index (χ0) is 36.7. The van der Waals surface area contributed by atoms with Crippen LogP contribution < -0.4 is 22.5 Å². The summed E-state index contributed by atoms with van der Waals surface area (Å²) in [7, 11) is -22.9. The number of nitrogens with one attached hydrogen (secondary N) is 2. The lowest BCUT2D eigenvalue weighted by atomic mass is 10.1. The number of aliphatic hydroxyl groups is 4. The molecule has 0 amide bonds. The van der Waals surface area contributed by atoms with Gasteiger partial charge in [0.15, 0.2) is 18.4 Å². The Balaban J connectivity index is 1.31. The van der Waals surface area contributed by atoms with Crippen LogP contribution in [0.4, 0.5) is 0 Å². The lowest BCUT2D eigenvalue weighted by molar-refractivity contribution is -0.0541. The van der Waals surface area contributed by atoms with Gasteiger partial charge in [-0.3, -0.25) is 46.9 Å². The number of rotatable bonds is 14. The summed E-state index contributed by atoms with van der Waals surface area (Å²) in [5.41, 5.74) is -3.72. The number of ether oxygens (including phenoxy) is 2. The quantitative estimate of drug-likeness (QED) is 0.0814. The Morgan fingerprint density at radius 3 is 1.31 bits per heavy atom. The fraction of sp³-hybridized carbons (Fsp3) is 0.579. The zero-order valence-electron chi connectivity index (χ0n) is 24.0. The third-order valence-electron chi connectivity index (χ3n) is 6.55. The molecule has 2 aromatic rings. The van der Waals surface area contributed by atoms with E-state index in [-0.39, 0.29) is 0 Å². The second kappa shape index (κ2) is 14.8. The van der Waals surface area contributed by atoms with Gasteiger partial charge in [0.2, 0.25) is 0 Å². The van der Waals surface area contributed by atoms with Crippen LogP contribution in [-0.4, -0.2) is 115 Å². The number of phosphoric ester groups is 2. The van der Waals surface area contributed by atoms with E-state index in [4.69, 9.17) is 9.47 Å². The van der Waals surface area contributed by atoms with Crippen LogP contribution in [0.25, 0.3) is 0 Å². The van der Waals surface area contributed by atoms with Gasteiger partial charge in [-0.1, -0.05) is 0 Å². The summed E-state index contributed by atoms with van der Waals surface area (Å²) >= 11 is 0. The van der Waals surface area contributed by atoms with Crippen molar-refractivity contribution in [2.75, 3.05) is 19.1 Å². The van der Waals surface area contributed by atoms with E-state index in [1.54, 1.807) is 0 Å². The standard InChI is InChI=1S/C19H28N4O22P4/c24-10-1-3-22(18(30)20-10)16-14(28)12(26)8(42-16)5-40-48(36,37)44-46(32,33)7-47(34,35)45-49(38,39)41-6-9-13(27)15(29)17(43-9)23-4-2-11(25)21-19(23)31/h1-4,8-9,12-17,26-29H,5-7H2,(H,32,33)(H,34,35)(H,36,37)(H,38,39)(H,20,24,30)(H,21,25,31)/t8-,9-,12+,13?,14?,15?,16-,17-/m1/s1. The molecule has 0 aliphatic carbocycles. The van der Waals surface area contributed by atoms with Crippen molar-refractivity contribution in [3.05, 3.63) is 66.2 Å². The van der Waals surface area contributed by atoms with Gasteiger partial charge in [0.05, 0.1) is 13.2 Å². The predicted molar refractivity (Wildman–Crippen MR) is 153 cm³/mol. The van der Waals surface area contributed by atoms with Gasteiger partial charge < -0.3 is 49.5 Å². The minimum absolute atomic E-state index is 0.662. The molecule has 0 radical (unpaired) electrons. The van der Waals surface area contributed by atoms with E-state index >= 15 is 0 Å². The monoisotopic (exact) mass is 788 g/mol. The Morgan fingerprint density at radius 2 is 0.980 bits per heavy atom. The van der Waals surface area contributed by atoms with Crippen molar-refractivity contribution in [2.24, 2.45) is 0 Å². The zero-order valence-corrected chi connectivity index (χ0v) is 27.6. The first-order valence-corrected chi connectivity index (χ1v) is 19.7. The number of H-pyrrole nitrogens is 2. The van der Waals surface area contributed by atoms with Crippen LogP contribution in [-0.2, 0) is 45.4 Å². The van der Waals surface area contributed by atoms with Crippen molar-refractivity contribution in [1.82, 2.24) is 19.1 Å². The van der Waals surface area contributed by atoms with Gasteiger partial charge in [0, 0.05) is 24.5 Å². The molecule has 10 N–H and O–H groups in total. The van der Waals surface area contributed by atoms with Crippen molar-refractivity contribution in [1.29, 1.82) is 0 Å². The summed E-state index contributed by atoms with van der Waals surface area (Å²) in [6.07, 6.45) is -12.4. The van der Waals surface area contributed by atoms with E-state index in [1.807, 2.05) is 9.97 Å². The molecule has 2 saturated heterocycles. The number of phosphoric acid groups is 2. The Hall–Kier alpha value is -2.28. The van der Waals surface area contributed by atoms with Crippen LogP contribution in [0, 0.1) is 0 Å². The van der Waals surface area contributed by atoms with Gasteiger partial charge in [-0.15, -0.1) is 0 Å². The summed E-state index contributed by atoms with van der Waals surface area (Å²) in [5, 5.41) is 40.8. The number of aromatic nitrogens is 4. The van der Waals surface area contributed by atoms with Crippen molar-refractivity contribution in [2.45, 2.75) is 49.1 Å². The molecule has 2 aliphatic rings. The van der Waals surface area contributed by atoms with Crippen LogP contribution in [0.1, 0.15) is 12.5 Å². The molecular weight excluding hydrogens is 760 g/mol. The minimum atomic E-state index is -5.74. The maximum atomic E-state index is 12.4. The third-order valence-corrected chi connectivity index (χ3v) is 14.1. The molecule has 4 heterocycles. The molecule has 4 rings (SSSR count). The lowest BCUT2D eigenvalue weighted by Crippen LogP contribution is -2.37. The van der Waals surface area contributed by atoms with E-state index in [2.05, 4.69) is 17.7 Å². The molecule has 12 atom stereocenters. The highest BCUT2D eigenvalue weighted by atomic mass is 31.3. The number of hydrogen-bond acceptors (Lipinski definition) is 18. The fourth-order valence-corrected chi connectivity index (χ4v) is 11.2. The summed E-state index contributed by atoms with van der Waals surface area (Å²) in [6.45, 7) is -2.32. The maximum Gasteiger partial charge on any atom is 0.479 e. The molecule has 2 fully saturated rings. The van der Waals surface area contributed by atoms with Crippen LogP contribution in [0.15, 0.2) is 43.7 Å². The molecular formula is C19H28N4O22P4. The molecule has 7 unspecified atom stereocenters. The average Bonchev–Trinajstić information content (AvgIpc) is 3.38. The van der Waals surface area contributed by atoms with Crippen molar-refractivity contribution >= 4 is 30.8 Å². The van der Waals surface area contributed by atoms with Crippen LogP contribution in [0.5, 0.6) is 0 Å². The van der Waals surface area contributed by atoms with Crippen molar-refractivity contribution < 1.29 is 85.4 Å². The highest BCUT2D eigenvalue weighted by molar-refractivity contribution is 7.76. The summed E-state index contributed by atoms with van der Waals surface area (Å²) < 4.78 is 78.1. The lowest BCUT2D eigenvalue weighted by Gasteiger charge is -2.22. The van der Waals surface area contributed by atoms with E-state index in [0.717, 1.165) is 24.5 Å². The third kappa shape index (κ3) is 9.95. The largest absolute Gasteiger partial charge is 0.479 e. The number of aliphatic hydroxyl groups excluding tert-OH is 4. The van der Waals surface area contributed by atoms with E-state index in [0.29, 0.717) is 9.13 Å². The van der Waals surface area contributed by atoms with Crippen LogP contribution >= 0.6 is 30.8 Å². The van der Waals surface area contributed by atoms with Gasteiger partial charge in [0.25, 0.3) is 11.1 Å². The molecule has 2 aliphatic heterocycles. The van der Waals surface area contributed by atoms with Gasteiger partial charge in [0.1, 0.15) is 36.6 Å². The molecule has 0 bridgehead atoms. The van der Waals surface area contributed by atoms with E-state index < -0.39 is 122 Å². The molecule has 26 nitrogen and oxygen atoms in total. The molecule has 0 saturated carbocycles. The molecule has 49 heavy (non-hydrogen) atoms. The van der Waals surface area contributed by atoms with Crippen molar-refractivity contribution in [3.63, 3.8) is 0 Å². The van der Waals surface area contributed by atoms with Gasteiger partial charge in [-0.05, 0) is 0 Å². The highest BCUT2D eigenvalue weighted by Gasteiger charge is 2.49. The molecule has 0 spiro atoms. The Kier molecular flexibility index (Phi) is 11.9. The summed E-state index contributed by atoms with van der Waals surface area (Å²) in [5.74, 6) is -2.11. The molecule has 2 aromatic heterocycles. The van der Waals surface area contributed by atoms with Gasteiger partial charge >= 0.3 is 42.2 Å². The summed E-state index contributed by atoms with van der Waals surface area (Å²) in [4.78, 5) is 89.8. The SMILES string of the molecule is O=c1ccn([C@@H]2O[C@H](COP(=O)(O)OP(=O)(O)CP(=O)(O)OP(=O)(O)OC[C@H]3O[C@@H](n4ccc(=O)[nH]c4=O)C(O)[C@H]3O)C(O)C2O)c(=O)[nH]1. The molecule has 30 heteroatoms. The van der Waals surface area contributed by atoms with Gasteiger partial charge in [-0.25, -0.2) is 27.3 Å². The number of hydrogen-bond donors (Lipinski definition) is 10. The number of nitrogens with zero attached hydrogens (tertiary/aromatic N) is 2. The Labute approximate surface area is 269 Å². The second-order valence-electron chi connectivity index (χ2n) is 10.2. The van der Waals surface area contributed by atoms with E-state index in [9.17, 15) is 77.4 Å². The Morgan fingerprint density at radius 1 is 0.633 bits per heavy atom. The van der Waals surface area contributed by atoms with Crippen molar-refractivity contribution in [3.8, 4) is 0 Å². The first kappa shape index (κ1) is 39.5. The second-order valence-corrected chi connectivity index (χ2v) is 17.6. The first-order chi connectivity index (χ1) is 22.5. The highest BCUT2D eigenvalue weighted by Crippen LogP contribution is 2.70. The predicted octanol–water partition coefficient (Wildman–Crippen LogP) is -4.08. The maximum absolute atomic E-state index is 12.4. The van der Waals surface area contributed by atoms with Crippen LogP contribution in [0.3, 0.4) is 0 Å². The molecule has 0 aromatic carbocycles. The Bertz CT molecular complexity index is 1820. The van der Waals surface area contributed by atoms with Crippen LogP contribution in [0.2, 0.25) is 0 Å².